The summed E-state index contributed by atoms with van der Waals surface area (Å²) in [7, 11) is 0. The maximum absolute atomic E-state index is 11.5. The number of aliphatic carboxylic acids is 1. The van der Waals surface area contributed by atoms with Gasteiger partial charge in [0, 0.05) is 12.6 Å². The molecule has 1 aliphatic carbocycles. The molecule has 1 aliphatic rings. The molecular formula is C13H15N3O3. The highest BCUT2D eigenvalue weighted by atomic mass is 16.5. The van der Waals surface area contributed by atoms with Crippen LogP contribution in [0.5, 0.6) is 0 Å². The van der Waals surface area contributed by atoms with Crippen molar-refractivity contribution in [1.82, 2.24) is 15.1 Å². The molecular weight excluding hydrogens is 246 g/mol. The van der Waals surface area contributed by atoms with Crippen LogP contribution in [0.2, 0.25) is 0 Å². The third kappa shape index (κ3) is 2.14. The van der Waals surface area contributed by atoms with Gasteiger partial charge in [0.15, 0.2) is 0 Å². The first-order valence-electron chi connectivity index (χ1n) is 6.39. The van der Waals surface area contributed by atoms with Gasteiger partial charge in [-0.05, 0) is 25.0 Å². The minimum absolute atomic E-state index is 0.316. The fraction of sp³-hybridized carbons (Fsp3) is 0.462. The Kier molecular flexibility index (Phi) is 2.85. The first-order chi connectivity index (χ1) is 9.20. The zero-order valence-corrected chi connectivity index (χ0v) is 10.4. The van der Waals surface area contributed by atoms with Gasteiger partial charge in [0.2, 0.25) is 11.7 Å². The van der Waals surface area contributed by atoms with Crippen molar-refractivity contribution in [2.75, 3.05) is 0 Å². The highest BCUT2D eigenvalue weighted by Gasteiger charge is 2.42. The Labute approximate surface area is 109 Å². The fourth-order valence-corrected chi connectivity index (χ4v) is 2.71. The van der Waals surface area contributed by atoms with Crippen molar-refractivity contribution in [3.05, 3.63) is 24.2 Å². The summed E-state index contributed by atoms with van der Waals surface area (Å²) in [5.74, 6) is 0.108. The Balaban J connectivity index is 1.82. The van der Waals surface area contributed by atoms with Crippen LogP contribution >= 0.6 is 0 Å². The quantitative estimate of drug-likeness (QED) is 0.880. The summed E-state index contributed by atoms with van der Waals surface area (Å²) in [4.78, 5) is 18.7. The standard InChI is InChI=1S/C13H15N3O3/c17-12(18)13(5-1-2-6-13)8-10-15-11(16-19-10)9-4-3-7-14-9/h3-4,7,14H,1-2,5-6,8H2,(H,17,18). The van der Waals surface area contributed by atoms with E-state index >= 15 is 0 Å². The Morgan fingerprint density at radius 3 is 2.89 bits per heavy atom. The van der Waals surface area contributed by atoms with Gasteiger partial charge in [0.25, 0.3) is 0 Å². The minimum atomic E-state index is -0.760. The van der Waals surface area contributed by atoms with Crippen LogP contribution in [-0.2, 0) is 11.2 Å². The van der Waals surface area contributed by atoms with Crippen LogP contribution < -0.4 is 0 Å². The average molecular weight is 261 g/mol. The van der Waals surface area contributed by atoms with E-state index < -0.39 is 11.4 Å². The largest absolute Gasteiger partial charge is 0.481 e. The Morgan fingerprint density at radius 1 is 1.47 bits per heavy atom. The molecule has 0 saturated heterocycles. The van der Waals surface area contributed by atoms with Gasteiger partial charge in [0.05, 0.1) is 11.1 Å². The second kappa shape index (κ2) is 4.53. The monoisotopic (exact) mass is 261 g/mol. The first kappa shape index (κ1) is 12.0. The van der Waals surface area contributed by atoms with Gasteiger partial charge in [-0.1, -0.05) is 18.0 Å². The molecule has 0 aromatic carbocycles. The van der Waals surface area contributed by atoms with Crippen molar-refractivity contribution in [2.45, 2.75) is 32.1 Å². The molecule has 0 spiro atoms. The molecule has 2 aromatic rings. The average Bonchev–Trinajstić information content (AvgIpc) is 3.10. The van der Waals surface area contributed by atoms with E-state index in [1.807, 2.05) is 12.1 Å². The number of aromatic amines is 1. The molecule has 0 radical (unpaired) electrons. The molecule has 100 valence electrons. The van der Waals surface area contributed by atoms with E-state index in [-0.39, 0.29) is 0 Å². The van der Waals surface area contributed by atoms with E-state index in [0.29, 0.717) is 31.0 Å². The predicted octanol–water partition coefficient (Wildman–Crippen LogP) is 2.25. The van der Waals surface area contributed by atoms with E-state index in [4.69, 9.17) is 4.52 Å². The van der Waals surface area contributed by atoms with Gasteiger partial charge in [-0.3, -0.25) is 4.79 Å². The lowest BCUT2D eigenvalue weighted by Gasteiger charge is -2.21. The number of nitrogens with one attached hydrogen (secondary N) is 1. The SMILES string of the molecule is O=C(O)C1(Cc2nc(-c3ccc[nH]3)no2)CCCC1. The van der Waals surface area contributed by atoms with E-state index in [0.717, 1.165) is 18.5 Å². The van der Waals surface area contributed by atoms with Crippen LogP contribution in [0.3, 0.4) is 0 Å². The Hall–Kier alpha value is -2.11. The summed E-state index contributed by atoms with van der Waals surface area (Å²) in [5.41, 5.74) is 0.0466. The molecule has 6 heteroatoms. The molecule has 6 nitrogen and oxygen atoms in total. The van der Waals surface area contributed by atoms with Crippen molar-refractivity contribution in [3.63, 3.8) is 0 Å². The fourth-order valence-electron chi connectivity index (χ4n) is 2.71. The summed E-state index contributed by atoms with van der Waals surface area (Å²) in [6.45, 7) is 0. The summed E-state index contributed by atoms with van der Waals surface area (Å²) >= 11 is 0. The van der Waals surface area contributed by atoms with Crippen LogP contribution in [0.15, 0.2) is 22.9 Å². The molecule has 0 unspecified atom stereocenters. The molecule has 1 saturated carbocycles. The second-order valence-corrected chi connectivity index (χ2v) is 5.06. The molecule has 0 amide bonds. The van der Waals surface area contributed by atoms with E-state index in [1.54, 1.807) is 6.20 Å². The van der Waals surface area contributed by atoms with E-state index in [2.05, 4.69) is 15.1 Å². The smallest absolute Gasteiger partial charge is 0.310 e. The molecule has 2 heterocycles. The van der Waals surface area contributed by atoms with Crippen LogP contribution in [0, 0.1) is 5.41 Å². The zero-order chi connectivity index (χ0) is 13.3. The molecule has 3 rings (SSSR count). The lowest BCUT2D eigenvalue weighted by atomic mass is 9.83. The van der Waals surface area contributed by atoms with Crippen LogP contribution in [-0.4, -0.2) is 26.2 Å². The molecule has 0 bridgehead atoms. The number of rotatable bonds is 4. The molecule has 0 atom stereocenters. The summed E-state index contributed by atoms with van der Waals surface area (Å²) < 4.78 is 5.18. The summed E-state index contributed by atoms with van der Waals surface area (Å²) in [6.07, 6.45) is 5.36. The van der Waals surface area contributed by atoms with Crippen molar-refractivity contribution in [3.8, 4) is 11.5 Å². The number of carboxylic acid groups (broad SMARTS) is 1. The summed E-state index contributed by atoms with van der Waals surface area (Å²) in [6, 6.07) is 3.69. The highest BCUT2D eigenvalue weighted by Crippen LogP contribution is 2.41. The number of carbonyl (C=O) groups is 1. The summed E-state index contributed by atoms with van der Waals surface area (Å²) in [5, 5.41) is 13.3. The van der Waals surface area contributed by atoms with Gasteiger partial charge in [0.1, 0.15) is 0 Å². The van der Waals surface area contributed by atoms with Crippen LogP contribution in [0.4, 0.5) is 0 Å². The highest BCUT2D eigenvalue weighted by molar-refractivity contribution is 5.75. The Morgan fingerprint density at radius 2 is 2.26 bits per heavy atom. The lowest BCUT2D eigenvalue weighted by Crippen LogP contribution is -2.30. The lowest BCUT2D eigenvalue weighted by molar-refractivity contribution is -0.148. The normalized spacial score (nSPS) is 17.7. The van der Waals surface area contributed by atoms with Crippen molar-refractivity contribution in [2.24, 2.45) is 5.41 Å². The third-order valence-electron chi connectivity index (χ3n) is 3.81. The van der Waals surface area contributed by atoms with Gasteiger partial charge in [-0.25, -0.2) is 0 Å². The molecule has 2 N–H and O–H groups in total. The topological polar surface area (TPSA) is 92.0 Å². The number of H-pyrrole nitrogens is 1. The first-order valence-corrected chi connectivity index (χ1v) is 6.39. The number of hydrogen-bond acceptors (Lipinski definition) is 4. The van der Waals surface area contributed by atoms with Crippen LogP contribution in [0.25, 0.3) is 11.5 Å². The molecule has 0 aliphatic heterocycles. The van der Waals surface area contributed by atoms with E-state index in [9.17, 15) is 9.90 Å². The maximum atomic E-state index is 11.5. The van der Waals surface area contributed by atoms with Gasteiger partial charge >= 0.3 is 5.97 Å². The number of carboxylic acids is 1. The Bertz CT molecular complexity index is 568. The minimum Gasteiger partial charge on any atom is -0.481 e. The zero-order valence-electron chi connectivity index (χ0n) is 10.4. The predicted molar refractivity (Wildman–Crippen MR) is 66.3 cm³/mol. The number of nitrogens with zero attached hydrogens (tertiary/aromatic N) is 2. The molecule has 19 heavy (non-hydrogen) atoms. The van der Waals surface area contributed by atoms with Crippen LogP contribution in [0.1, 0.15) is 31.6 Å². The maximum Gasteiger partial charge on any atom is 0.310 e. The molecule has 2 aromatic heterocycles. The third-order valence-corrected chi connectivity index (χ3v) is 3.81. The van der Waals surface area contributed by atoms with Gasteiger partial charge in [-0.2, -0.15) is 4.98 Å². The van der Waals surface area contributed by atoms with Crippen molar-refractivity contribution < 1.29 is 14.4 Å². The van der Waals surface area contributed by atoms with E-state index in [1.165, 1.54) is 0 Å². The van der Waals surface area contributed by atoms with Gasteiger partial charge in [-0.15, -0.1) is 0 Å². The second-order valence-electron chi connectivity index (χ2n) is 5.06. The van der Waals surface area contributed by atoms with Crippen molar-refractivity contribution >= 4 is 5.97 Å². The van der Waals surface area contributed by atoms with Gasteiger partial charge < -0.3 is 14.6 Å². The van der Waals surface area contributed by atoms with Crippen molar-refractivity contribution in [1.29, 1.82) is 0 Å². The molecule has 1 fully saturated rings. The number of hydrogen-bond donors (Lipinski definition) is 2. The number of aromatic nitrogens is 3.